The molecule has 0 aliphatic carbocycles. The monoisotopic (exact) mass is 273 g/mol. The van der Waals surface area contributed by atoms with Gasteiger partial charge in [0.1, 0.15) is 6.07 Å². The van der Waals surface area contributed by atoms with Gasteiger partial charge < -0.3 is 9.47 Å². The molecule has 7 heteroatoms. The molecular weight excluding hydrogens is 263 g/mol. The maximum Gasteiger partial charge on any atom is 0.509 e. The van der Waals surface area contributed by atoms with Gasteiger partial charge in [-0.25, -0.2) is 4.79 Å². The highest BCUT2D eigenvalue weighted by atomic mass is 19.4. The summed E-state index contributed by atoms with van der Waals surface area (Å²) in [6.07, 6.45) is -6.81. The Hall–Kier alpha value is -2.23. The molecule has 0 heterocycles. The number of halogens is 3. The van der Waals surface area contributed by atoms with Crippen LogP contribution in [0.15, 0.2) is 24.3 Å². The molecule has 0 N–H and O–H groups in total. The van der Waals surface area contributed by atoms with E-state index in [4.69, 9.17) is 5.26 Å². The standard InChI is InChI=1S/C12H10F3NO3/c1-2-18-11(17)19-10(7-16)8-3-5-9(6-4-8)12(13,14)15/h3-6,10H,2H2,1H3/t10-/m0/s1. The van der Waals surface area contributed by atoms with Crippen molar-refractivity contribution >= 4 is 6.16 Å². The fourth-order valence-electron chi connectivity index (χ4n) is 1.26. The van der Waals surface area contributed by atoms with Crippen molar-refractivity contribution in [2.75, 3.05) is 6.61 Å². The molecule has 0 aliphatic rings. The summed E-state index contributed by atoms with van der Waals surface area (Å²) in [5.41, 5.74) is -0.701. The fourth-order valence-corrected chi connectivity index (χ4v) is 1.26. The van der Waals surface area contributed by atoms with Crippen molar-refractivity contribution in [3.63, 3.8) is 0 Å². The molecule has 0 spiro atoms. The van der Waals surface area contributed by atoms with Gasteiger partial charge in [0.2, 0.25) is 6.10 Å². The van der Waals surface area contributed by atoms with Crippen LogP contribution in [0, 0.1) is 11.3 Å². The van der Waals surface area contributed by atoms with E-state index < -0.39 is 24.0 Å². The summed E-state index contributed by atoms with van der Waals surface area (Å²) in [6, 6.07) is 5.45. The van der Waals surface area contributed by atoms with Crippen molar-refractivity contribution < 1.29 is 27.4 Å². The van der Waals surface area contributed by atoms with Gasteiger partial charge >= 0.3 is 12.3 Å². The number of carbonyl (C=O) groups is 1. The third-order valence-electron chi connectivity index (χ3n) is 2.13. The van der Waals surface area contributed by atoms with E-state index >= 15 is 0 Å². The molecule has 0 radical (unpaired) electrons. The van der Waals surface area contributed by atoms with E-state index in [-0.39, 0.29) is 12.2 Å². The summed E-state index contributed by atoms with van der Waals surface area (Å²) in [5.74, 6) is 0. The Morgan fingerprint density at radius 3 is 2.37 bits per heavy atom. The van der Waals surface area contributed by atoms with Gasteiger partial charge in [-0.3, -0.25) is 0 Å². The number of alkyl halides is 3. The van der Waals surface area contributed by atoms with Gasteiger partial charge in [-0.1, -0.05) is 12.1 Å². The third-order valence-corrected chi connectivity index (χ3v) is 2.13. The van der Waals surface area contributed by atoms with E-state index in [1.165, 1.54) is 0 Å². The Bertz CT molecular complexity index is 476. The Kier molecular flexibility index (Phi) is 4.75. The average Bonchev–Trinajstić information content (AvgIpc) is 2.35. The molecule has 0 bridgehead atoms. The smallest absolute Gasteiger partial charge is 0.435 e. The average molecular weight is 273 g/mol. The zero-order valence-electron chi connectivity index (χ0n) is 9.90. The van der Waals surface area contributed by atoms with Crippen molar-refractivity contribution in [1.82, 2.24) is 0 Å². The van der Waals surface area contributed by atoms with Gasteiger partial charge in [-0.2, -0.15) is 18.4 Å². The zero-order chi connectivity index (χ0) is 14.5. The lowest BCUT2D eigenvalue weighted by atomic mass is 10.1. The molecule has 0 amide bonds. The lowest BCUT2D eigenvalue weighted by Crippen LogP contribution is -2.12. The van der Waals surface area contributed by atoms with Crippen LogP contribution in [-0.4, -0.2) is 12.8 Å². The minimum absolute atomic E-state index is 0.0734. The first-order valence-electron chi connectivity index (χ1n) is 5.28. The molecule has 1 atom stereocenters. The first kappa shape index (κ1) is 14.8. The van der Waals surface area contributed by atoms with E-state index in [1.54, 1.807) is 13.0 Å². The summed E-state index contributed by atoms with van der Waals surface area (Å²) in [4.78, 5) is 11.0. The largest absolute Gasteiger partial charge is 0.509 e. The molecule has 0 aromatic heterocycles. The first-order valence-corrected chi connectivity index (χ1v) is 5.28. The summed E-state index contributed by atoms with van der Waals surface area (Å²) in [5, 5.41) is 8.82. The summed E-state index contributed by atoms with van der Waals surface area (Å²) >= 11 is 0. The van der Waals surface area contributed by atoms with Crippen LogP contribution in [0.1, 0.15) is 24.2 Å². The Labute approximate surface area is 107 Å². The molecule has 1 aromatic carbocycles. The van der Waals surface area contributed by atoms with Crippen molar-refractivity contribution in [1.29, 1.82) is 5.26 Å². The number of hydrogen-bond donors (Lipinski definition) is 0. The van der Waals surface area contributed by atoms with E-state index in [2.05, 4.69) is 9.47 Å². The minimum Gasteiger partial charge on any atom is -0.435 e. The van der Waals surface area contributed by atoms with Crippen LogP contribution in [0.3, 0.4) is 0 Å². The van der Waals surface area contributed by atoms with Crippen molar-refractivity contribution in [2.24, 2.45) is 0 Å². The number of hydrogen-bond acceptors (Lipinski definition) is 4. The minimum atomic E-state index is -4.46. The Morgan fingerprint density at radius 2 is 1.95 bits per heavy atom. The van der Waals surface area contributed by atoms with Gasteiger partial charge in [-0.15, -0.1) is 0 Å². The van der Waals surface area contributed by atoms with E-state index in [9.17, 15) is 18.0 Å². The normalized spacial score (nSPS) is 12.4. The number of nitrogens with zero attached hydrogens (tertiary/aromatic N) is 1. The molecule has 1 rings (SSSR count). The third kappa shape index (κ3) is 4.17. The highest BCUT2D eigenvalue weighted by Gasteiger charge is 2.30. The van der Waals surface area contributed by atoms with Crippen LogP contribution in [0.4, 0.5) is 18.0 Å². The Morgan fingerprint density at radius 1 is 1.37 bits per heavy atom. The molecule has 0 saturated heterocycles. The van der Waals surface area contributed by atoms with Crippen LogP contribution in [0.2, 0.25) is 0 Å². The maximum atomic E-state index is 12.3. The first-order chi connectivity index (χ1) is 8.88. The molecule has 19 heavy (non-hydrogen) atoms. The number of benzene rings is 1. The highest BCUT2D eigenvalue weighted by molar-refractivity contribution is 5.60. The summed E-state index contributed by atoms with van der Waals surface area (Å²) in [7, 11) is 0. The van der Waals surface area contributed by atoms with Crippen molar-refractivity contribution in [3.8, 4) is 6.07 Å². The van der Waals surface area contributed by atoms with Crippen LogP contribution in [0.5, 0.6) is 0 Å². The van der Waals surface area contributed by atoms with Crippen LogP contribution >= 0.6 is 0 Å². The fraction of sp³-hybridized carbons (Fsp3) is 0.333. The van der Waals surface area contributed by atoms with E-state index in [1.807, 2.05) is 0 Å². The van der Waals surface area contributed by atoms with Gasteiger partial charge in [0, 0.05) is 5.56 Å². The number of rotatable bonds is 3. The summed E-state index contributed by atoms with van der Waals surface area (Å²) < 4.78 is 46.2. The molecule has 102 valence electrons. The lowest BCUT2D eigenvalue weighted by molar-refractivity contribution is -0.137. The number of carbonyl (C=O) groups excluding carboxylic acids is 1. The molecule has 1 aromatic rings. The quantitative estimate of drug-likeness (QED) is 0.791. The van der Waals surface area contributed by atoms with Gasteiger partial charge in [-0.05, 0) is 19.1 Å². The number of ether oxygens (including phenoxy) is 2. The zero-order valence-corrected chi connectivity index (χ0v) is 9.90. The van der Waals surface area contributed by atoms with E-state index in [0.717, 1.165) is 24.3 Å². The number of nitriles is 1. The van der Waals surface area contributed by atoms with Crippen LogP contribution in [0.25, 0.3) is 0 Å². The lowest BCUT2D eigenvalue weighted by Gasteiger charge is -2.12. The van der Waals surface area contributed by atoms with Crippen molar-refractivity contribution in [3.05, 3.63) is 35.4 Å². The molecular formula is C12H10F3NO3. The molecule has 4 nitrogen and oxygen atoms in total. The van der Waals surface area contributed by atoms with Crippen LogP contribution in [-0.2, 0) is 15.7 Å². The van der Waals surface area contributed by atoms with Gasteiger partial charge in [0.05, 0.1) is 12.2 Å². The predicted octanol–water partition coefficient (Wildman–Crippen LogP) is 3.44. The second kappa shape index (κ2) is 6.09. The second-order valence-corrected chi connectivity index (χ2v) is 3.43. The van der Waals surface area contributed by atoms with Gasteiger partial charge in [0.25, 0.3) is 0 Å². The molecule has 0 aliphatic heterocycles. The SMILES string of the molecule is CCOC(=O)O[C@@H](C#N)c1ccc(C(F)(F)F)cc1. The molecule has 0 fully saturated rings. The van der Waals surface area contributed by atoms with Crippen molar-refractivity contribution in [2.45, 2.75) is 19.2 Å². The highest BCUT2D eigenvalue weighted by Crippen LogP contribution is 2.30. The topological polar surface area (TPSA) is 59.3 Å². The molecule has 0 saturated carbocycles. The maximum absolute atomic E-state index is 12.3. The van der Waals surface area contributed by atoms with E-state index in [0.29, 0.717) is 0 Å². The molecule has 0 unspecified atom stereocenters. The summed E-state index contributed by atoms with van der Waals surface area (Å²) in [6.45, 7) is 1.63. The Balaban J connectivity index is 2.83. The van der Waals surface area contributed by atoms with Crippen LogP contribution < -0.4 is 0 Å². The van der Waals surface area contributed by atoms with Gasteiger partial charge in [0.15, 0.2) is 0 Å². The predicted molar refractivity (Wildman–Crippen MR) is 57.9 cm³/mol. The second-order valence-electron chi connectivity index (χ2n) is 3.43.